The molecule has 0 aliphatic carbocycles. The Bertz CT molecular complexity index is 948. The van der Waals surface area contributed by atoms with E-state index >= 15 is 0 Å². The normalized spacial score (nSPS) is 10.5. The molecule has 0 unspecified atom stereocenters. The lowest BCUT2D eigenvalue weighted by Crippen LogP contribution is -2.07. The van der Waals surface area contributed by atoms with Gasteiger partial charge in [0.15, 0.2) is 0 Å². The largest absolute Gasteiger partial charge is 0.497 e. The Morgan fingerprint density at radius 2 is 1.64 bits per heavy atom. The van der Waals surface area contributed by atoms with Crippen LogP contribution in [0.4, 0.5) is 23.5 Å². The zero-order valence-electron chi connectivity index (χ0n) is 15.8. The van der Waals surface area contributed by atoms with E-state index in [4.69, 9.17) is 9.47 Å². The van der Waals surface area contributed by atoms with Crippen LogP contribution in [0.15, 0.2) is 53.6 Å². The number of para-hydroxylation sites is 1. The summed E-state index contributed by atoms with van der Waals surface area (Å²) >= 11 is 0. The molecule has 3 rings (SSSR count). The SMILES string of the molecule is CNc1nc(N/N=C/c2ccc(OC)cc2OC)nc(Nc2ccccc2)n1. The van der Waals surface area contributed by atoms with Crippen molar-refractivity contribution in [3.63, 3.8) is 0 Å². The topological polar surface area (TPSA) is 106 Å². The van der Waals surface area contributed by atoms with Crippen LogP contribution in [-0.4, -0.2) is 42.4 Å². The molecule has 0 bridgehead atoms. The first-order valence-corrected chi connectivity index (χ1v) is 8.49. The first-order valence-electron chi connectivity index (χ1n) is 8.49. The molecule has 28 heavy (non-hydrogen) atoms. The van der Waals surface area contributed by atoms with Gasteiger partial charge in [0.25, 0.3) is 0 Å². The van der Waals surface area contributed by atoms with E-state index in [1.54, 1.807) is 33.5 Å². The van der Waals surface area contributed by atoms with Crippen molar-refractivity contribution in [1.29, 1.82) is 0 Å². The van der Waals surface area contributed by atoms with Crippen molar-refractivity contribution < 1.29 is 9.47 Å². The molecule has 9 nitrogen and oxygen atoms in total. The van der Waals surface area contributed by atoms with Gasteiger partial charge in [-0.2, -0.15) is 20.1 Å². The first-order chi connectivity index (χ1) is 13.7. The summed E-state index contributed by atoms with van der Waals surface area (Å²) in [6, 6.07) is 15.1. The number of hydrogen-bond acceptors (Lipinski definition) is 9. The van der Waals surface area contributed by atoms with E-state index in [-0.39, 0.29) is 0 Å². The molecule has 144 valence electrons. The maximum Gasteiger partial charge on any atom is 0.250 e. The van der Waals surface area contributed by atoms with Crippen LogP contribution in [0.5, 0.6) is 11.5 Å². The number of nitrogens with zero attached hydrogens (tertiary/aromatic N) is 4. The lowest BCUT2D eigenvalue weighted by atomic mass is 10.2. The van der Waals surface area contributed by atoms with Crippen molar-refractivity contribution in [2.75, 3.05) is 37.3 Å². The maximum atomic E-state index is 5.35. The Kier molecular flexibility index (Phi) is 6.19. The lowest BCUT2D eigenvalue weighted by Gasteiger charge is -2.08. The van der Waals surface area contributed by atoms with E-state index in [1.165, 1.54) is 0 Å². The van der Waals surface area contributed by atoms with Crippen LogP contribution in [-0.2, 0) is 0 Å². The minimum Gasteiger partial charge on any atom is -0.497 e. The molecule has 0 amide bonds. The Labute approximate surface area is 162 Å². The molecule has 0 spiro atoms. The number of nitrogens with one attached hydrogen (secondary N) is 3. The lowest BCUT2D eigenvalue weighted by molar-refractivity contribution is 0.394. The third kappa shape index (κ3) is 4.85. The van der Waals surface area contributed by atoms with Crippen molar-refractivity contribution in [1.82, 2.24) is 15.0 Å². The van der Waals surface area contributed by atoms with Gasteiger partial charge >= 0.3 is 0 Å². The summed E-state index contributed by atoms with van der Waals surface area (Å²) in [5.41, 5.74) is 4.46. The Balaban J connectivity index is 1.76. The molecule has 0 aliphatic heterocycles. The molecule has 3 N–H and O–H groups in total. The summed E-state index contributed by atoms with van der Waals surface area (Å²) in [6.45, 7) is 0. The van der Waals surface area contributed by atoms with Crippen LogP contribution < -0.4 is 25.5 Å². The number of methoxy groups -OCH3 is 2. The number of benzene rings is 2. The van der Waals surface area contributed by atoms with Crippen molar-refractivity contribution in [3.8, 4) is 11.5 Å². The molecule has 0 radical (unpaired) electrons. The summed E-state index contributed by atoms with van der Waals surface area (Å²) in [4.78, 5) is 12.9. The highest BCUT2D eigenvalue weighted by atomic mass is 16.5. The second kappa shape index (κ2) is 9.17. The highest BCUT2D eigenvalue weighted by molar-refractivity contribution is 5.84. The third-order valence-electron chi connectivity index (χ3n) is 3.70. The fourth-order valence-electron chi connectivity index (χ4n) is 2.33. The van der Waals surface area contributed by atoms with E-state index < -0.39 is 0 Å². The predicted octanol–water partition coefficient (Wildman–Crippen LogP) is 3.12. The van der Waals surface area contributed by atoms with E-state index in [9.17, 15) is 0 Å². The maximum absolute atomic E-state index is 5.35. The van der Waals surface area contributed by atoms with E-state index in [1.807, 2.05) is 42.5 Å². The van der Waals surface area contributed by atoms with Crippen LogP contribution in [0.2, 0.25) is 0 Å². The summed E-state index contributed by atoms with van der Waals surface area (Å²) in [6.07, 6.45) is 1.62. The van der Waals surface area contributed by atoms with Gasteiger partial charge in [0.1, 0.15) is 11.5 Å². The average Bonchev–Trinajstić information content (AvgIpc) is 2.74. The molecule has 2 aromatic carbocycles. The van der Waals surface area contributed by atoms with E-state index in [2.05, 4.69) is 36.1 Å². The summed E-state index contributed by atoms with van der Waals surface area (Å²) in [7, 11) is 4.93. The third-order valence-corrected chi connectivity index (χ3v) is 3.70. The van der Waals surface area contributed by atoms with Gasteiger partial charge in [0.2, 0.25) is 17.8 Å². The van der Waals surface area contributed by atoms with Crippen LogP contribution in [0.1, 0.15) is 5.56 Å². The van der Waals surface area contributed by atoms with Crippen molar-refractivity contribution in [2.24, 2.45) is 5.10 Å². The highest BCUT2D eigenvalue weighted by Crippen LogP contribution is 2.23. The quantitative estimate of drug-likeness (QED) is 0.405. The Morgan fingerprint density at radius 3 is 2.36 bits per heavy atom. The summed E-state index contributed by atoms with van der Waals surface area (Å²) < 4.78 is 10.5. The van der Waals surface area contributed by atoms with Crippen LogP contribution in [0.25, 0.3) is 0 Å². The number of ether oxygens (including phenoxy) is 2. The molecule has 3 aromatic rings. The zero-order valence-corrected chi connectivity index (χ0v) is 15.8. The monoisotopic (exact) mass is 379 g/mol. The molecule has 0 aliphatic rings. The first kappa shape index (κ1) is 18.9. The number of anilines is 4. The van der Waals surface area contributed by atoms with Crippen molar-refractivity contribution in [3.05, 3.63) is 54.1 Å². The molecule has 9 heteroatoms. The van der Waals surface area contributed by atoms with Crippen LogP contribution in [0.3, 0.4) is 0 Å². The van der Waals surface area contributed by atoms with E-state index in [0.717, 1.165) is 11.3 Å². The van der Waals surface area contributed by atoms with Crippen LogP contribution >= 0.6 is 0 Å². The molecule has 0 saturated heterocycles. The molecular weight excluding hydrogens is 358 g/mol. The smallest absolute Gasteiger partial charge is 0.250 e. The number of rotatable bonds is 8. The standard InChI is InChI=1S/C19H21N7O2/c1-20-17-23-18(22-14-7-5-4-6-8-14)25-19(24-17)26-21-12-13-9-10-15(27-2)11-16(13)28-3/h4-12H,1-3H3,(H3,20,22,23,24,25,26)/b21-12+. The molecule has 0 fully saturated rings. The molecular formula is C19H21N7O2. The summed E-state index contributed by atoms with van der Waals surface area (Å²) in [5, 5.41) is 10.2. The predicted molar refractivity (Wildman–Crippen MR) is 110 cm³/mol. The van der Waals surface area contributed by atoms with E-state index in [0.29, 0.717) is 29.3 Å². The molecule has 0 atom stereocenters. The van der Waals surface area contributed by atoms with Gasteiger partial charge in [-0.1, -0.05) is 18.2 Å². The fraction of sp³-hybridized carbons (Fsp3) is 0.158. The minimum absolute atomic E-state index is 0.293. The van der Waals surface area contributed by atoms with Gasteiger partial charge in [-0.25, -0.2) is 5.43 Å². The highest BCUT2D eigenvalue weighted by Gasteiger charge is 2.06. The second-order valence-electron chi connectivity index (χ2n) is 5.53. The van der Waals surface area contributed by atoms with Gasteiger partial charge in [0.05, 0.1) is 20.4 Å². The Hall–Kier alpha value is -3.88. The van der Waals surface area contributed by atoms with Gasteiger partial charge in [-0.15, -0.1) is 0 Å². The van der Waals surface area contributed by atoms with Crippen molar-refractivity contribution in [2.45, 2.75) is 0 Å². The number of hydrazone groups is 1. The van der Waals surface area contributed by atoms with Crippen molar-refractivity contribution >= 4 is 29.7 Å². The fourth-order valence-corrected chi connectivity index (χ4v) is 2.33. The summed E-state index contributed by atoms with van der Waals surface area (Å²) in [5.74, 6) is 2.44. The molecule has 1 heterocycles. The molecule has 1 aromatic heterocycles. The zero-order chi connectivity index (χ0) is 19.8. The Morgan fingerprint density at radius 1 is 0.893 bits per heavy atom. The van der Waals surface area contributed by atoms with Crippen LogP contribution in [0, 0.1) is 0 Å². The van der Waals surface area contributed by atoms with Gasteiger partial charge in [-0.3, -0.25) is 0 Å². The number of hydrogen-bond donors (Lipinski definition) is 3. The number of aromatic nitrogens is 3. The second-order valence-corrected chi connectivity index (χ2v) is 5.53. The van der Waals surface area contributed by atoms with Gasteiger partial charge < -0.3 is 20.1 Å². The minimum atomic E-state index is 0.293. The average molecular weight is 379 g/mol. The molecule has 0 saturated carbocycles. The van der Waals surface area contributed by atoms with Gasteiger partial charge in [-0.05, 0) is 24.3 Å². The van der Waals surface area contributed by atoms with Gasteiger partial charge in [0, 0.05) is 24.4 Å².